The van der Waals surface area contributed by atoms with Gasteiger partial charge in [-0.2, -0.15) is 0 Å². The highest BCUT2D eigenvalue weighted by Gasteiger charge is 2.32. The van der Waals surface area contributed by atoms with E-state index in [-0.39, 0.29) is 5.92 Å². The molecule has 0 aliphatic carbocycles. The predicted octanol–water partition coefficient (Wildman–Crippen LogP) is 2.02. The van der Waals surface area contributed by atoms with E-state index in [4.69, 9.17) is 0 Å². The molecule has 0 aromatic rings. The van der Waals surface area contributed by atoms with E-state index in [0.29, 0.717) is 17.9 Å². The van der Waals surface area contributed by atoms with Crippen LogP contribution in [0.25, 0.3) is 0 Å². The van der Waals surface area contributed by atoms with Crippen molar-refractivity contribution in [1.82, 2.24) is 10.2 Å². The van der Waals surface area contributed by atoms with Crippen molar-refractivity contribution in [3.05, 3.63) is 0 Å². The van der Waals surface area contributed by atoms with Crippen LogP contribution in [-0.4, -0.2) is 36.5 Å². The van der Waals surface area contributed by atoms with Crippen molar-refractivity contribution >= 4 is 5.91 Å². The summed E-state index contributed by atoms with van der Waals surface area (Å²) in [5.41, 5.74) is 0. The predicted molar refractivity (Wildman–Crippen MR) is 69.8 cm³/mol. The highest BCUT2D eigenvalue weighted by atomic mass is 16.2. The Kier molecular flexibility index (Phi) is 4.43. The number of piperidine rings is 1. The molecule has 0 saturated carbocycles. The Bertz CT molecular complexity index is 259. The maximum absolute atomic E-state index is 12.5. The van der Waals surface area contributed by atoms with Gasteiger partial charge in [0.1, 0.15) is 0 Å². The molecule has 0 aromatic carbocycles. The van der Waals surface area contributed by atoms with E-state index in [1.807, 2.05) is 0 Å². The molecule has 1 N–H and O–H groups in total. The van der Waals surface area contributed by atoms with Gasteiger partial charge >= 0.3 is 0 Å². The van der Waals surface area contributed by atoms with Crippen molar-refractivity contribution in [2.75, 3.05) is 19.6 Å². The van der Waals surface area contributed by atoms with Crippen LogP contribution in [0, 0.1) is 11.8 Å². The largest absolute Gasteiger partial charge is 0.339 e. The SMILES string of the molecule is CC(C)CC1CCCCN1C(=O)C1CCNC1. The third kappa shape index (κ3) is 3.21. The van der Waals surface area contributed by atoms with Crippen LogP contribution in [-0.2, 0) is 4.79 Å². The van der Waals surface area contributed by atoms with Crippen molar-refractivity contribution in [2.24, 2.45) is 11.8 Å². The first-order chi connectivity index (χ1) is 8.18. The summed E-state index contributed by atoms with van der Waals surface area (Å²) in [4.78, 5) is 14.7. The third-order valence-corrected chi connectivity index (χ3v) is 4.06. The molecular formula is C14H26N2O. The molecule has 1 amide bonds. The molecule has 2 unspecified atom stereocenters. The zero-order valence-corrected chi connectivity index (χ0v) is 11.2. The number of likely N-dealkylation sites (tertiary alicyclic amines) is 1. The Morgan fingerprint density at radius 3 is 2.82 bits per heavy atom. The van der Waals surface area contributed by atoms with E-state index in [1.54, 1.807) is 0 Å². The van der Waals surface area contributed by atoms with Crippen LogP contribution in [0.4, 0.5) is 0 Å². The zero-order valence-electron chi connectivity index (χ0n) is 11.2. The molecule has 2 heterocycles. The van der Waals surface area contributed by atoms with Crippen LogP contribution in [0.5, 0.6) is 0 Å². The van der Waals surface area contributed by atoms with Crippen LogP contribution in [0.1, 0.15) is 46.0 Å². The molecule has 0 radical (unpaired) electrons. The van der Waals surface area contributed by atoms with Crippen LogP contribution in [0.3, 0.4) is 0 Å². The van der Waals surface area contributed by atoms with Crippen molar-refractivity contribution in [2.45, 2.75) is 52.0 Å². The summed E-state index contributed by atoms with van der Waals surface area (Å²) in [5, 5.41) is 3.30. The van der Waals surface area contributed by atoms with E-state index in [1.165, 1.54) is 25.7 Å². The van der Waals surface area contributed by atoms with Crippen LogP contribution < -0.4 is 5.32 Å². The van der Waals surface area contributed by atoms with Crippen LogP contribution in [0.15, 0.2) is 0 Å². The minimum Gasteiger partial charge on any atom is -0.339 e. The van der Waals surface area contributed by atoms with Crippen LogP contribution >= 0.6 is 0 Å². The van der Waals surface area contributed by atoms with Gasteiger partial charge in [0.2, 0.25) is 5.91 Å². The van der Waals surface area contributed by atoms with Crippen molar-refractivity contribution < 1.29 is 4.79 Å². The first-order valence-corrected chi connectivity index (χ1v) is 7.19. The van der Waals surface area contributed by atoms with Gasteiger partial charge in [-0.25, -0.2) is 0 Å². The molecule has 3 nitrogen and oxygen atoms in total. The molecule has 2 saturated heterocycles. The van der Waals surface area contributed by atoms with Gasteiger partial charge in [0.05, 0.1) is 5.92 Å². The Balaban J connectivity index is 1.97. The normalized spacial score (nSPS) is 29.9. The molecule has 2 rings (SSSR count). The fourth-order valence-corrected chi connectivity index (χ4v) is 3.18. The topological polar surface area (TPSA) is 32.3 Å². The summed E-state index contributed by atoms with van der Waals surface area (Å²) in [7, 11) is 0. The number of nitrogens with one attached hydrogen (secondary N) is 1. The number of rotatable bonds is 3. The molecule has 2 fully saturated rings. The quantitative estimate of drug-likeness (QED) is 0.816. The van der Waals surface area contributed by atoms with Crippen molar-refractivity contribution in [1.29, 1.82) is 0 Å². The van der Waals surface area contributed by atoms with E-state index in [9.17, 15) is 4.79 Å². The molecule has 98 valence electrons. The highest BCUT2D eigenvalue weighted by Crippen LogP contribution is 2.25. The summed E-state index contributed by atoms with van der Waals surface area (Å²) in [6, 6.07) is 0.511. The van der Waals surface area contributed by atoms with E-state index in [0.717, 1.165) is 26.1 Å². The number of carbonyl (C=O) groups excluding carboxylic acids is 1. The zero-order chi connectivity index (χ0) is 12.3. The smallest absolute Gasteiger partial charge is 0.227 e. The average Bonchev–Trinajstić information content (AvgIpc) is 2.81. The minimum absolute atomic E-state index is 0.253. The fourth-order valence-electron chi connectivity index (χ4n) is 3.18. The van der Waals surface area contributed by atoms with Gasteiger partial charge in [-0.15, -0.1) is 0 Å². The number of amides is 1. The summed E-state index contributed by atoms with van der Waals surface area (Å²) < 4.78 is 0. The van der Waals surface area contributed by atoms with Gasteiger partial charge in [0.25, 0.3) is 0 Å². The lowest BCUT2D eigenvalue weighted by atomic mass is 9.92. The van der Waals surface area contributed by atoms with Crippen molar-refractivity contribution in [3.8, 4) is 0 Å². The summed E-state index contributed by atoms with van der Waals surface area (Å²) in [6.07, 6.45) is 5.91. The monoisotopic (exact) mass is 238 g/mol. The lowest BCUT2D eigenvalue weighted by molar-refractivity contribution is -0.139. The Labute approximate surface area is 105 Å². The number of hydrogen-bond acceptors (Lipinski definition) is 2. The van der Waals surface area contributed by atoms with Crippen LogP contribution in [0.2, 0.25) is 0 Å². The molecule has 0 bridgehead atoms. The van der Waals surface area contributed by atoms with E-state index >= 15 is 0 Å². The summed E-state index contributed by atoms with van der Waals surface area (Å²) in [5.74, 6) is 1.36. The maximum atomic E-state index is 12.5. The number of nitrogens with zero attached hydrogens (tertiary/aromatic N) is 1. The minimum atomic E-state index is 0.253. The molecule has 2 aliphatic rings. The lowest BCUT2D eigenvalue weighted by Gasteiger charge is -2.38. The van der Waals surface area contributed by atoms with Gasteiger partial charge in [0, 0.05) is 19.1 Å². The molecule has 2 atom stereocenters. The van der Waals surface area contributed by atoms with Gasteiger partial charge < -0.3 is 10.2 Å². The van der Waals surface area contributed by atoms with E-state index in [2.05, 4.69) is 24.1 Å². The van der Waals surface area contributed by atoms with E-state index < -0.39 is 0 Å². The van der Waals surface area contributed by atoms with Gasteiger partial charge in [-0.05, 0) is 44.6 Å². The van der Waals surface area contributed by atoms with Gasteiger partial charge in [-0.3, -0.25) is 4.79 Å². The Morgan fingerprint density at radius 2 is 2.18 bits per heavy atom. The molecule has 2 aliphatic heterocycles. The van der Waals surface area contributed by atoms with Gasteiger partial charge in [0.15, 0.2) is 0 Å². The standard InChI is InChI=1S/C14H26N2O/c1-11(2)9-13-5-3-4-8-16(13)14(17)12-6-7-15-10-12/h11-13,15H,3-10H2,1-2H3. The number of hydrogen-bond donors (Lipinski definition) is 1. The molecule has 0 spiro atoms. The van der Waals surface area contributed by atoms with Gasteiger partial charge in [-0.1, -0.05) is 13.8 Å². The second-order valence-corrected chi connectivity index (χ2v) is 6.00. The average molecular weight is 238 g/mol. The van der Waals surface area contributed by atoms with Crippen molar-refractivity contribution in [3.63, 3.8) is 0 Å². The third-order valence-electron chi connectivity index (χ3n) is 4.06. The summed E-state index contributed by atoms with van der Waals surface area (Å²) >= 11 is 0. The maximum Gasteiger partial charge on any atom is 0.227 e. The lowest BCUT2D eigenvalue weighted by Crippen LogP contribution is -2.47. The molecule has 17 heavy (non-hydrogen) atoms. The second kappa shape index (κ2) is 5.85. The fraction of sp³-hybridized carbons (Fsp3) is 0.929. The summed E-state index contributed by atoms with van der Waals surface area (Å²) in [6.45, 7) is 7.41. The molecular weight excluding hydrogens is 212 g/mol. The highest BCUT2D eigenvalue weighted by molar-refractivity contribution is 5.79. The molecule has 3 heteroatoms. The Morgan fingerprint density at radius 1 is 1.35 bits per heavy atom. The second-order valence-electron chi connectivity index (χ2n) is 6.00. The molecule has 0 aromatic heterocycles. The first kappa shape index (κ1) is 12.9. The number of carbonyl (C=O) groups is 1. The first-order valence-electron chi connectivity index (χ1n) is 7.19. The Hall–Kier alpha value is -0.570.